The zero-order valence-corrected chi connectivity index (χ0v) is 10.6. The van der Waals surface area contributed by atoms with Crippen LogP contribution in [0.15, 0.2) is 36.0 Å². The van der Waals surface area contributed by atoms with Gasteiger partial charge in [0.05, 0.1) is 0 Å². The highest BCUT2D eigenvalue weighted by Crippen LogP contribution is 2.18. The Kier molecular flexibility index (Phi) is 3.80. The van der Waals surface area contributed by atoms with Gasteiger partial charge in [0.1, 0.15) is 0 Å². The molecule has 0 radical (unpaired) electrons. The summed E-state index contributed by atoms with van der Waals surface area (Å²) in [7, 11) is 0. The molecule has 2 heterocycles. The second kappa shape index (κ2) is 5.32. The van der Waals surface area contributed by atoms with E-state index in [2.05, 4.69) is 59.7 Å². The molecule has 0 bridgehead atoms. The van der Waals surface area contributed by atoms with E-state index in [4.69, 9.17) is 0 Å². The van der Waals surface area contributed by atoms with Gasteiger partial charge in [0.2, 0.25) is 0 Å². The van der Waals surface area contributed by atoms with Crippen LogP contribution < -0.4 is 5.32 Å². The van der Waals surface area contributed by atoms with E-state index >= 15 is 0 Å². The quantitative estimate of drug-likeness (QED) is 0.839. The van der Waals surface area contributed by atoms with Crippen molar-refractivity contribution in [1.29, 1.82) is 0 Å². The smallest absolute Gasteiger partial charge is 0.0388 e. The lowest BCUT2D eigenvalue weighted by atomic mass is 10.2. The summed E-state index contributed by atoms with van der Waals surface area (Å²) in [5, 5.41) is 5.66. The zero-order valence-electron chi connectivity index (χ0n) is 9.81. The van der Waals surface area contributed by atoms with E-state index in [0.717, 1.165) is 13.1 Å². The summed E-state index contributed by atoms with van der Waals surface area (Å²) in [5.41, 5.74) is 1.35. The van der Waals surface area contributed by atoms with E-state index in [0.29, 0.717) is 6.04 Å². The van der Waals surface area contributed by atoms with Crippen molar-refractivity contribution in [2.75, 3.05) is 0 Å². The third-order valence-corrected chi connectivity index (χ3v) is 3.81. The number of rotatable bonds is 5. The summed E-state index contributed by atoms with van der Waals surface area (Å²) in [4.78, 5) is 1.40. The van der Waals surface area contributed by atoms with E-state index < -0.39 is 0 Å². The minimum Gasteiger partial charge on any atom is -0.354 e. The second-order valence-electron chi connectivity index (χ2n) is 3.97. The van der Waals surface area contributed by atoms with Crippen LogP contribution in [0.1, 0.15) is 30.3 Å². The molecule has 1 N–H and O–H groups in total. The molecule has 16 heavy (non-hydrogen) atoms. The first kappa shape index (κ1) is 11.4. The van der Waals surface area contributed by atoms with Crippen LogP contribution in [-0.4, -0.2) is 4.57 Å². The molecule has 0 aliphatic carbocycles. The minimum absolute atomic E-state index is 0.435. The largest absolute Gasteiger partial charge is 0.354 e. The van der Waals surface area contributed by atoms with Gasteiger partial charge in [-0.05, 0) is 36.9 Å². The molecule has 3 heteroatoms. The summed E-state index contributed by atoms with van der Waals surface area (Å²) in [5.74, 6) is 0. The van der Waals surface area contributed by atoms with Gasteiger partial charge in [0, 0.05) is 36.4 Å². The maximum absolute atomic E-state index is 3.54. The predicted molar refractivity (Wildman–Crippen MR) is 69.7 cm³/mol. The van der Waals surface area contributed by atoms with Crippen molar-refractivity contribution in [2.45, 2.75) is 33.0 Å². The Morgan fingerprint density at radius 2 is 2.31 bits per heavy atom. The first-order chi connectivity index (χ1) is 7.79. The van der Waals surface area contributed by atoms with Crippen LogP contribution in [0.4, 0.5) is 0 Å². The molecule has 2 aromatic heterocycles. The number of hydrogen-bond donors (Lipinski definition) is 1. The highest BCUT2D eigenvalue weighted by atomic mass is 32.1. The second-order valence-corrected chi connectivity index (χ2v) is 4.95. The molecule has 0 spiro atoms. The zero-order chi connectivity index (χ0) is 11.4. The van der Waals surface area contributed by atoms with Crippen molar-refractivity contribution in [3.8, 4) is 0 Å². The Balaban J connectivity index is 1.87. The summed E-state index contributed by atoms with van der Waals surface area (Å²) >= 11 is 1.81. The Bertz CT molecular complexity index is 417. The molecule has 2 nitrogen and oxygen atoms in total. The molecule has 2 rings (SSSR count). The number of nitrogens with one attached hydrogen (secondary N) is 1. The molecule has 0 saturated heterocycles. The van der Waals surface area contributed by atoms with Crippen LogP contribution in [0.5, 0.6) is 0 Å². The maximum atomic E-state index is 3.54. The van der Waals surface area contributed by atoms with Gasteiger partial charge in [-0.1, -0.05) is 6.07 Å². The summed E-state index contributed by atoms with van der Waals surface area (Å²) in [6.45, 7) is 6.35. The predicted octanol–water partition coefficient (Wildman–Crippen LogP) is 3.42. The Morgan fingerprint density at radius 1 is 1.44 bits per heavy atom. The normalized spacial score (nSPS) is 12.9. The Hall–Kier alpha value is -1.06. The molecule has 1 atom stereocenters. The fourth-order valence-corrected chi connectivity index (χ4v) is 2.46. The maximum Gasteiger partial charge on any atom is 0.0388 e. The highest BCUT2D eigenvalue weighted by molar-refractivity contribution is 7.10. The lowest BCUT2D eigenvalue weighted by Gasteiger charge is -2.10. The molecular formula is C13H18N2S. The molecule has 0 saturated carbocycles. The first-order valence-corrected chi connectivity index (χ1v) is 6.59. The average Bonchev–Trinajstić information content (AvgIpc) is 2.96. The van der Waals surface area contributed by atoms with Gasteiger partial charge in [-0.15, -0.1) is 11.3 Å². The van der Waals surface area contributed by atoms with E-state index in [1.165, 1.54) is 10.4 Å². The molecule has 0 aliphatic rings. The minimum atomic E-state index is 0.435. The fourth-order valence-electron chi connectivity index (χ4n) is 1.70. The van der Waals surface area contributed by atoms with Crippen molar-refractivity contribution >= 4 is 11.3 Å². The van der Waals surface area contributed by atoms with Crippen molar-refractivity contribution in [3.05, 3.63) is 46.4 Å². The fraction of sp³-hybridized carbons (Fsp3) is 0.385. The van der Waals surface area contributed by atoms with Crippen LogP contribution in [0.2, 0.25) is 0 Å². The summed E-state index contributed by atoms with van der Waals surface area (Å²) in [6, 6.07) is 6.90. The third-order valence-electron chi connectivity index (χ3n) is 2.76. The monoisotopic (exact) mass is 234 g/mol. The van der Waals surface area contributed by atoms with Gasteiger partial charge in [0.15, 0.2) is 0 Å². The Morgan fingerprint density at radius 3 is 2.94 bits per heavy atom. The first-order valence-electron chi connectivity index (χ1n) is 5.71. The van der Waals surface area contributed by atoms with Crippen LogP contribution >= 0.6 is 11.3 Å². The Labute approximate surface area is 101 Å². The molecule has 0 fully saturated rings. The lowest BCUT2D eigenvalue weighted by Crippen LogP contribution is -2.16. The number of aromatic nitrogens is 1. The van der Waals surface area contributed by atoms with E-state index in [9.17, 15) is 0 Å². The van der Waals surface area contributed by atoms with Crippen LogP contribution in [0.3, 0.4) is 0 Å². The standard InChI is InChI=1S/C13H18N2S/c1-3-15-7-6-12(10-15)9-14-11(2)13-5-4-8-16-13/h4-8,10-11,14H,3,9H2,1-2H3. The molecule has 86 valence electrons. The number of hydrogen-bond acceptors (Lipinski definition) is 2. The van der Waals surface area contributed by atoms with Crippen LogP contribution in [0, 0.1) is 0 Å². The van der Waals surface area contributed by atoms with Gasteiger partial charge in [-0.3, -0.25) is 0 Å². The topological polar surface area (TPSA) is 17.0 Å². The van der Waals surface area contributed by atoms with Gasteiger partial charge < -0.3 is 9.88 Å². The van der Waals surface area contributed by atoms with Crippen molar-refractivity contribution in [2.24, 2.45) is 0 Å². The average molecular weight is 234 g/mol. The van der Waals surface area contributed by atoms with Crippen molar-refractivity contribution in [1.82, 2.24) is 9.88 Å². The number of nitrogens with zero attached hydrogens (tertiary/aromatic N) is 1. The molecule has 0 amide bonds. The molecule has 1 unspecified atom stereocenters. The summed E-state index contributed by atoms with van der Waals surface area (Å²) in [6.07, 6.45) is 4.33. The van der Waals surface area contributed by atoms with Crippen LogP contribution in [-0.2, 0) is 13.1 Å². The SMILES string of the molecule is CCn1ccc(CNC(C)c2cccs2)c1. The number of aryl methyl sites for hydroxylation is 1. The van der Waals surface area contributed by atoms with E-state index in [1.54, 1.807) is 0 Å². The van der Waals surface area contributed by atoms with E-state index in [1.807, 2.05) is 11.3 Å². The number of thiophene rings is 1. The molecule has 0 aliphatic heterocycles. The van der Waals surface area contributed by atoms with Gasteiger partial charge >= 0.3 is 0 Å². The molecular weight excluding hydrogens is 216 g/mol. The van der Waals surface area contributed by atoms with E-state index in [-0.39, 0.29) is 0 Å². The van der Waals surface area contributed by atoms with Gasteiger partial charge in [-0.25, -0.2) is 0 Å². The van der Waals surface area contributed by atoms with Gasteiger partial charge in [-0.2, -0.15) is 0 Å². The van der Waals surface area contributed by atoms with Gasteiger partial charge in [0.25, 0.3) is 0 Å². The van der Waals surface area contributed by atoms with Crippen LogP contribution in [0.25, 0.3) is 0 Å². The summed E-state index contributed by atoms with van der Waals surface area (Å²) < 4.78 is 2.20. The van der Waals surface area contributed by atoms with Crippen molar-refractivity contribution in [3.63, 3.8) is 0 Å². The lowest BCUT2D eigenvalue weighted by molar-refractivity contribution is 0.582. The van der Waals surface area contributed by atoms with Crippen molar-refractivity contribution < 1.29 is 0 Å². The molecule has 0 aromatic carbocycles. The third kappa shape index (κ3) is 2.74. The molecule has 2 aromatic rings. The highest BCUT2D eigenvalue weighted by Gasteiger charge is 2.05.